The van der Waals surface area contributed by atoms with Crippen molar-refractivity contribution in [2.75, 3.05) is 53.4 Å². The normalized spacial score (nSPS) is 14.8. The Bertz CT molecular complexity index is 165. The van der Waals surface area contributed by atoms with Crippen molar-refractivity contribution in [1.29, 1.82) is 0 Å². The lowest BCUT2D eigenvalue weighted by molar-refractivity contribution is -0.00299. The maximum absolute atomic E-state index is 5.93. The van der Waals surface area contributed by atoms with Gasteiger partial charge in [0.05, 0.1) is 46.2 Å². The van der Waals surface area contributed by atoms with Gasteiger partial charge in [-0.1, -0.05) is 6.92 Å². The van der Waals surface area contributed by atoms with E-state index in [1.807, 2.05) is 6.92 Å². The summed E-state index contributed by atoms with van der Waals surface area (Å²) >= 11 is 0. The zero-order valence-electron chi connectivity index (χ0n) is 11.4. The second-order valence-corrected chi connectivity index (χ2v) is 4.28. The molecule has 0 aromatic carbocycles. The molecule has 104 valence electrons. The molecule has 5 nitrogen and oxygen atoms in total. The van der Waals surface area contributed by atoms with Crippen molar-refractivity contribution in [3.8, 4) is 0 Å². The Morgan fingerprint density at radius 1 is 0.882 bits per heavy atom. The van der Waals surface area contributed by atoms with Gasteiger partial charge in [-0.25, -0.2) is 0 Å². The van der Waals surface area contributed by atoms with Gasteiger partial charge in [-0.3, -0.25) is 0 Å². The zero-order chi connectivity index (χ0) is 13.0. The highest BCUT2D eigenvalue weighted by Gasteiger charge is 2.14. The van der Waals surface area contributed by atoms with Crippen LogP contribution in [0.5, 0.6) is 0 Å². The summed E-state index contributed by atoms with van der Waals surface area (Å²) in [5, 5.41) is 0. The van der Waals surface area contributed by atoms with E-state index in [4.69, 9.17) is 24.7 Å². The summed E-state index contributed by atoms with van der Waals surface area (Å²) in [6, 6.07) is 0. The number of nitrogens with two attached hydrogens (primary N) is 1. The average molecular weight is 249 g/mol. The number of hydrogen-bond acceptors (Lipinski definition) is 5. The third-order valence-corrected chi connectivity index (χ3v) is 2.42. The van der Waals surface area contributed by atoms with E-state index < -0.39 is 0 Å². The molecular formula is C12H27NO4. The van der Waals surface area contributed by atoms with Crippen LogP contribution in [0.2, 0.25) is 0 Å². The summed E-state index contributed by atoms with van der Waals surface area (Å²) in [5.41, 5.74) is 5.69. The Balaban J connectivity index is 3.09. The molecule has 17 heavy (non-hydrogen) atoms. The van der Waals surface area contributed by atoms with Crippen molar-refractivity contribution in [1.82, 2.24) is 0 Å². The smallest absolute Gasteiger partial charge is 0.0701 e. The maximum Gasteiger partial charge on any atom is 0.0701 e. The molecule has 0 radical (unpaired) electrons. The largest absolute Gasteiger partial charge is 0.382 e. The van der Waals surface area contributed by atoms with Gasteiger partial charge in [0.1, 0.15) is 0 Å². The summed E-state index contributed by atoms with van der Waals surface area (Å²) in [6.07, 6.45) is 0.904. The monoisotopic (exact) mass is 249 g/mol. The molecule has 0 saturated carbocycles. The van der Waals surface area contributed by atoms with Gasteiger partial charge in [-0.2, -0.15) is 0 Å². The molecule has 0 amide bonds. The molecule has 0 rings (SSSR count). The minimum Gasteiger partial charge on any atom is -0.382 e. The number of rotatable bonds is 12. The fourth-order valence-electron chi connectivity index (χ4n) is 0.989. The van der Waals surface area contributed by atoms with Gasteiger partial charge in [0.15, 0.2) is 0 Å². The average Bonchev–Trinajstić information content (AvgIpc) is 2.31. The van der Waals surface area contributed by atoms with Crippen LogP contribution in [-0.4, -0.2) is 58.9 Å². The van der Waals surface area contributed by atoms with Gasteiger partial charge in [0, 0.05) is 12.6 Å². The van der Waals surface area contributed by atoms with Crippen molar-refractivity contribution < 1.29 is 18.9 Å². The Hall–Kier alpha value is -0.200. The van der Waals surface area contributed by atoms with Crippen LogP contribution < -0.4 is 5.73 Å². The van der Waals surface area contributed by atoms with E-state index in [9.17, 15) is 0 Å². The first-order valence-corrected chi connectivity index (χ1v) is 6.13. The van der Waals surface area contributed by atoms with Gasteiger partial charge < -0.3 is 24.7 Å². The lowest BCUT2D eigenvalue weighted by atomic mass is 10.0. The summed E-state index contributed by atoms with van der Waals surface area (Å²) in [7, 11) is 1.65. The Labute approximate surface area is 105 Å². The van der Waals surface area contributed by atoms with Crippen molar-refractivity contribution in [2.45, 2.75) is 25.8 Å². The summed E-state index contributed by atoms with van der Waals surface area (Å²) in [5.74, 6) is 0. The van der Waals surface area contributed by atoms with Crippen LogP contribution in [0.4, 0.5) is 0 Å². The van der Waals surface area contributed by atoms with E-state index in [0.717, 1.165) is 6.42 Å². The predicted octanol–water partition coefficient (Wildman–Crippen LogP) is 0.810. The molecule has 1 atom stereocenters. The van der Waals surface area contributed by atoms with Crippen LogP contribution >= 0.6 is 0 Å². The van der Waals surface area contributed by atoms with Crippen LogP contribution in [0.1, 0.15) is 20.3 Å². The van der Waals surface area contributed by atoms with E-state index in [1.54, 1.807) is 7.11 Å². The second-order valence-electron chi connectivity index (χ2n) is 4.28. The lowest BCUT2D eigenvalue weighted by Gasteiger charge is -2.22. The Morgan fingerprint density at radius 2 is 1.35 bits per heavy atom. The maximum atomic E-state index is 5.93. The predicted molar refractivity (Wildman–Crippen MR) is 67.2 cm³/mol. The van der Waals surface area contributed by atoms with Crippen LogP contribution in [-0.2, 0) is 18.9 Å². The highest BCUT2D eigenvalue weighted by Crippen LogP contribution is 2.04. The van der Waals surface area contributed by atoms with Crippen LogP contribution in [0, 0.1) is 0 Å². The standard InChI is InChI=1S/C12H27NO4/c1-4-12(2,13)11-17-10-9-16-8-7-15-6-5-14-3/h4-11,13H2,1-3H3. The quantitative estimate of drug-likeness (QED) is 0.519. The third kappa shape index (κ3) is 12.1. The molecule has 0 spiro atoms. The van der Waals surface area contributed by atoms with Crippen molar-refractivity contribution in [3.05, 3.63) is 0 Å². The molecule has 0 aromatic heterocycles. The van der Waals surface area contributed by atoms with E-state index in [2.05, 4.69) is 6.92 Å². The fraction of sp³-hybridized carbons (Fsp3) is 1.00. The number of hydrogen-bond donors (Lipinski definition) is 1. The topological polar surface area (TPSA) is 62.9 Å². The van der Waals surface area contributed by atoms with Crippen LogP contribution in [0.25, 0.3) is 0 Å². The van der Waals surface area contributed by atoms with Gasteiger partial charge >= 0.3 is 0 Å². The van der Waals surface area contributed by atoms with E-state index in [-0.39, 0.29) is 5.54 Å². The van der Waals surface area contributed by atoms with Crippen molar-refractivity contribution in [2.24, 2.45) is 5.73 Å². The van der Waals surface area contributed by atoms with Gasteiger partial charge in [0.2, 0.25) is 0 Å². The molecule has 2 N–H and O–H groups in total. The van der Waals surface area contributed by atoms with E-state index in [1.165, 1.54) is 0 Å². The Morgan fingerprint density at radius 3 is 1.82 bits per heavy atom. The van der Waals surface area contributed by atoms with E-state index in [0.29, 0.717) is 46.2 Å². The molecule has 0 aromatic rings. The first kappa shape index (κ1) is 16.8. The van der Waals surface area contributed by atoms with Crippen LogP contribution in [0.3, 0.4) is 0 Å². The van der Waals surface area contributed by atoms with Gasteiger partial charge in [-0.05, 0) is 13.3 Å². The van der Waals surface area contributed by atoms with Gasteiger partial charge in [-0.15, -0.1) is 0 Å². The highest BCUT2D eigenvalue weighted by atomic mass is 16.6. The lowest BCUT2D eigenvalue weighted by Crippen LogP contribution is -2.40. The molecular weight excluding hydrogens is 222 g/mol. The zero-order valence-corrected chi connectivity index (χ0v) is 11.4. The first-order chi connectivity index (χ1) is 8.12. The second kappa shape index (κ2) is 10.9. The molecule has 1 unspecified atom stereocenters. The number of ether oxygens (including phenoxy) is 4. The summed E-state index contributed by atoms with van der Waals surface area (Å²) < 4.78 is 20.8. The van der Waals surface area contributed by atoms with E-state index >= 15 is 0 Å². The number of methoxy groups -OCH3 is 1. The molecule has 0 bridgehead atoms. The molecule has 0 aliphatic rings. The molecule has 0 aliphatic heterocycles. The van der Waals surface area contributed by atoms with Gasteiger partial charge in [0.25, 0.3) is 0 Å². The van der Waals surface area contributed by atoms with Crippen molar-refractivity contribution in [3.63, 3.8) is 0 Å². The minimum atomic E-state index is -0.233. The Kier molecular flexibility index (Phi) is 10.8. The van der Waals surface area contributed by atoms with Crippen molar-refractivity contribution >= 4 is 0 Å². The third-order valence-electron chi connectivity index (χ3n) is 2.42. The molecule has 0 saturated heterocycles. The summed E-state index contributed by atoms with van der Waals surface area (Å²) in [4.78, 5) is 0. The molecule has 5 heteroatoms. The highest BCUT2D eigenvalue weighted by molar-refractivity contribution is 4.75. The summed E-state index contributed by atoms with van der Waals surface area (Å²) in [6.45, 7) is 8.16. The fourth-order valence-corrected chi connectivity index (χ4v) is 0.989. The minimum absolute atomic E-state index is 0.233. The molecule has 0 aliphatic carbocycles. The first-order valence-electron chi connectivity index (χ1n) is 6.13. The van der Waals surface area contributed by atoms with Crippen LogP contribution in [0.15, 0.2) is 0 Å². The molecule has 0 heterocycles. The molecule has 0 fully saturated rings. The SMILES string of the molecule is CCC(C)(N)COCCOCCOCCOC.